The van der Waals surface area contributed by atoms with Crippen molar-refractivity contribution in [3.8, 4) is 11.5 Å². The van der Waals surface area contributed by atoms with E-state index in [-0.39, 0.29) is 0 Å². The first-order valence-corrected chi connectivity index (χ1v) is 6.40. The number of rotatable bonds is 5. The Kier molecular flexibility index (Phi) is 4.53. The van der Waals surface area contributed by atoms with Crippen molar-refractivity contribution in [2.75, 3.05) is 18.9 Å². The Bertz CT molecular complexity index is 558. The van der Waals surface area contributed by atoms with Crippen LogP contribution in [-0.4, -0.2) is 13.2 Å². The summed E-state index contributed by atoms with van der Waals surface area (Å²) < 4.78 is 11.1. The van der Waals surface area contributed by atoms with Gasteiger partial charge in [-0.05, 0) is 36.8 Å². The van der Waals surface area contributed by atoms with Gasteiger partial charge >= 0.3 is 0 Å². The summed E-state index contributed by atoms with van der Waals surface area (Å²) in [6, 6.07) is 13.0. The average Bonchev–Trinajstić information content (AvgIpc) is 2.37. The number of anilines is 1. The summed E-state index contributed by atoms with van der Waals surface area (Å²) in [7, 11) is 0. The fourth-order valence-corrected chi connectivity index (χ4v) is 1.93. The van der Waals surface area contributed by atoms with Gasteiger partial charge in [0.2, 0.25) is 0 Å². The minimum absolute atomic E-state index is 0.428. The number of hydrogen-bond acceptors (Lipinski definition) is 3. The highest BCUT2D eigenvalue weighted by Crippen LogP contribution is 2.25. The van der Waals surface area contributed by atoms with E-state index in [1.165, 1.54) is 0 Å². The molecule has 0 saturated carbocycles. The Labute approximate surface area is 117 Å². The van der Waals surface area contributed by atoms with Gasteiger partial charge in [0.05, 0.1) is 5.02 Å². The van der Waals surface area contributed by atoms with Crippen LogP contribution >= 0.6 is 11.6 Å². The summed E-state index contributed by atoms with van der Waals surface area (Å²) in [5, 5.41) is 0.615. The summed E-state index contributed by atoms with van der Waals surface area (Å²) in [5.74, 6) is 1.40. The summed E-state index contributed by atoms with van der Waals surface area (Å²) in [4.78, 5) is 0. The monoisotopic (exact) mass is 277 g/mol. The van der Waals surface area contributed by atoms with E-state index in [4.69, 9.17) is 26.8 Å². The van der Waals surface area contributed by atoms with E-state index in [0.29, 0.717) is 29.7 Å². The number of nitrogens with two attached hydrogens (primary N) is 1. The van der Waals surface area contributed by atoms with Crippen LogP contribution in [0.1, 0.15) is 5.56 Å². The van der Waals surface area contributed by atoms with Gasteiger partial charge in [-0.3, -0.25) is 0 Å². The average molecular weight is 278 g/mol. The zero-order valence-electron chi connectivity index (χ0n) is 10.7. The quantitative estimate of drug-likeness (QED) is 0.670. The molecule has 0 unspecified atom stereocenters. The maximum atomic E-state index is 6.06. The van der Waals surface area contributed by atoms with E-state index in [9.17, 15) is 0 Å². The molecule has 0 atom stereocenters. The predicted octanol–water partition coefficient (Wildman–Crippen LogP) is 3.69. The molecule has 0 heterocycles. The van der Waals surface area contributed by atoms with Gasteiger partial charge < -0.3 is 15.2 Å². The van der Waals surface area contributed by atoms with Gasteiger partial charge in [-0.2, -0.15) is 0 Å². The van der Waals surface area contributed by atoms with E-state index < -0.39 is 0 Å². The molecule has 0 fully saturated rings. The second-order valence-electron chi connectivity index (χ2n) is 4.20. The van der Waals surface area contributed by atoms with Crippen molar-refractivity contribution in [1.82, 2.24) is 0 Å². The topological polar surface area (TPSA) is 44.5 Å². The van der Waals surface area contributed by atoms with Crippen molar-refractivity contribution in [2.24, 2.45) is 0 Å². The molecule has 0 aliphatic carbocycles. The first kappa shape index (κ1) is 13.6. The van der Waals surface area contributed by atoms with Crippen LogP contribution in [-0.2, 0) is 0 Å². The molecule has 19 heavy (non-hydrogen) atoms. The molecule has 2 N–H and O–H groups in total. The first-order chi connectivity index (χ1) is 9.15. The minimum atomic E-state index is 0.428. The van der Waals surface area contributed by atoms with Gasteiger partial charge in [-0.1, -0.05) is 23.7 Å². The lowest BCUT2D eigenvalue weighted by Crippen LogP contribution is -2.09. The molecule has 0 bridgehead atoms. The normalized spacial score (nSPS) is 10.2. The highest BCUT2D eigenvalue weighted by Gasteiger charge is 2.01. The van der Waals surface area contributed by atoms with Gasteiger partial charge in [0.25, 0.3) is 0 Å². The predicted molar refractivity (Wildman–Crippen MR) is 78.0 cm³/mol. The molecule has 0 saturated heterocycles. The molecule has 0 aliphatic heterocycles. The third-order valence-electron chi connectivity index (χ3n) is 2.56. The molecular weight excluding hydrogens is 262 g/mol. The smallest absolute Gasteiger partial charge is 0.138 e. The molecule has 0 aromatic heterocycles. The van der Waals surface area contributed by atoms with Crippen molar-refractivity contribution in [2.45, 2.75) is 6.92 Å². The molecule has 3 nitrogen and oxygen atoms in total. The summed E-state index contributed by atoms with van der Waals surface area (Å²) in [5.41, 5.74) is 7.44. The third kappa shape index (κ3) is 4.07. The molecule has 100 valence electrons. The Morgan fingerprint density at radius 2 is 1.84 bits per heavy atom. The van der Waals surface area contributed by atoms with Gasteiger partial charge in [-0.25, -0.2) is 0 Å². The third-order valence-corrected chi connectivity index (χ3v) is 2.85. The zero-order valence-corrected chi connectivity index (χ0v) is 11.5. The number of benzene rings is 2. The summed E-state index contributed by atoms with van der Waals surface area (Å²) in [6.45, 7) is 2.85. The number of nitrogen functional groups attached to an aromatic ring is 1. The van der Waals surface area contributed by atoms with Crippen LogP contribution < -0.4 is 15.2 Å². The van der Waals surface area contributed by atoms with E-state index in [1.54, 1.807) is 6.07 Å². The van der Waals surface area contributed by atoms with Crippen LogP contribution in [0.2, 0.25) is 5.02 Å². The first-order valence-electron chi connectivity index (χ1n) is 6.02. The number of halogens is 1. The molecular formula is C15H16ClNO2. The Hall–Kier alpha value is -1.87. The fourth-order valence-electron chi connectivity index (χ4n) is 1.64. The van der Waals surface area contributed by atoms with Crippen LogP contribution in [0.4, 0.5) is 5.69 Å². The number of ether oxygens (including phenoxy) is 2. The lowest BCUT2D eigenvalue weighted by atomic mass is 10.2. The van der Waals surface area contributed by atoms with Crippen LogP contribution in [0.15, 0.2) is 42.5 Å². The highest BCUT2D eigenvalue weighted by atomic mass is 35.5. The van der Waals surface area contributed by atoms with E-state index >= 15 is 0 Å². The van der Waals surface area contributed by atoms with Crippen LogP contribution in [0, 0.1) is 6.92 Å². The van der Waals surface area contributed by atoms with E-state index in [2.05, 4.69) is 0 Å². The van der Waals surface area contributed by atoms with Gasteiger partial charge in [-0.15, -0.1) is 0 Å². The maximum absolute atomic E-state index is 6.06. The van der Waals surface area contributed by atoms with Gasteiger partial charge in [0, 0.05) is 11.8 Å². The fraction of sp³-hybridized carbons (Fsp3) is 0.200. The Balaban J connectivity index is 1.81. The lowest BCUT2D eigenvalue weighted by molar-refractivity contribution is 0.217. The zero-order chi connectivity index (χ0) is 13.7. The maximum Gasteiger partial charge on any atom is 0.138 e. The summed E-state index contributed by atoms with van der Waals surface area (Å²) in [6.07, 6.45) is 0. The molecule has 2 rings (SSSR count). The summed E-state index contributed by atoms with van der Waals surface area (Å²) >= 11 is 6.06. The standard InChI is InChI=1S/C15H16ClNO2/c1-11-5-6-15(14(16)9-11)19-8-7-18-13-4-2-3-12(17)10-13/h2-6,9-10H,7-8,17H2,1H3. The molecule has 2 aromatic rings. The van der Waals surface area contributed by atoms with Crippen molar-refractivity contribution in [1.29, 1.82) is 0 Å². The molecule has 2 aromatic carbocycles. The van der Waals surface area contributed by atoms with Crippen molar-refractivity contribution < 1.29 is 9.47 Å². The van der Waals surface area contributed by atoms with Crippen molar-refractivity contribution >= 4 is 17.3 Å². The van der Waals surface area contributed by atoms with Gasteiger partial charge in [0.15, 0.2) is 0 Å². The number of aryl methyl sites for hydroxylation is 1. The molecule has 0 spiro atoms. The molecule has 0 radical (unpaired) electrons. The van der Waals surface area contributed by atoms with Crippen molar-refractivity contribution in [3.63, 3.8) is 0 Å². The SMILES string of the molecule is Cc1ccc(OCCOc2cccc(N)c2)c(Cl)c1. The highest BCUT2D eigenvalue weighted by molar-refractivity contribution is 6.32. The van der Waals surface area contributed by atoms with E-state index in [0.717, 1.165) is 11.3 Å². The largest absolute Gasteiger partial charge is 0.490 e. The second kappa shape index (κ2) is 6.34. The Morgan fingerprint density at radius 1 is 1.05 bits per heavy atom. The van der Waals surface area contributed by atoms with Gasteiger partial charge in [0.1, 0.15) is 24.7 Å². The molecule has 4 heteroatoms. The van der Waals surface area contributed by atoms with Crippen LogP contribution in [0.3, 0.4) is 0 Å². The molecule has 0 aliphatic rings. The van der Waals surface area contributed by atoms with E-state index in [1.807, 2.05) is 43.3 Å². The lowest BCUT2D eigenvalue weighted by Gasteiger charge is -2.10. The Morgan fingerprint density at radius 3 is 2.58 bits per heavy atom. The second-order valence-corrected chi connectivity index (χ2v) is 4.61. The minimum Gasteiger partial charge on any atom is -0.490 e. The number of hydrogen-bond donors (Lipinski definition) is 1. The van der Waals surface area contributed by atoms with Crippen LogP contribution in [0.5, 0.6) is 11.5 Å². The van der Waals surface area contributed by atoms with Crippen molar-refractivity contribution in [3.05, 3.63) is 53.1 Å². The molecule has 0 amide bonds. The van der Waals surface area contributed by atoms with Crippen LogP contribution in [0.25, 0.3) is 0 Å².